The van der Waals surface area contributed by atoms with E-state index in [1.54, 1.807) is 4.68 Å². The smallest absolute Gasteiger partial charge is 0.245 e. The molecule has 1 fully saturated rings. The normalized spacial score (nSPS) is 18.2. The van der Waals surface area contributed by atoms with E-state index in [4.69, 9.17) is 5.73 Å². The summed E-state index contributed by atoms with van der Waals surface area (Å²) in [5.41, 5.74) is 6.64. The lowest BCUT2D eigenvalue weighted by Crippen LogP contribution is -2.48. The topological polar surface area (TPSA) is 72.9 Å². The molecular formula is C15H26N4O. The van der Waals surface area contributed by atoms with Crippen molar-refractivity contribution in [1.82, 2.24) is 9.78 Å². The van der Waals surface area contributed by atoms with Gasteiger partial charge >= 0.3 is 0 Å². The van der Waals surface area contributed by atoms with Gasteiger partial charge in [-0.15, -0.1) is 0 Å². The maximum Gasteiger partial charge on any atom is 0.245 e. The van der Waals surface area contributed by atoms with Gasteiger partial charge in [0, 0.05) is 13.1 Å². The number of rotatable bonds is 3. The van der Waals surface area contributed by atoms with Crippen molar-refractivity contribution in [3.8, 4) is 0 Å². The number of aromatic nitrogens is 2. The molecule has 1 aromatic heterocycles. The molecule has 3 N–H and O–H groups in total. The van der Waals surface area contributed by atoms with Crippen molar-refractivity contribution in [3.05, 3.63) is 11.8 Å². The molecule has 1 aliphatic rings. The zero-order valence-electron chi connectivity index (χ0n) is 13.0. The minimum absolute atomic E-state index is 0.0830. The Balaban J connectivity index is 2.08. The van der Waals surface area contributed by atoms with Crippen LogP contribution in [0, 0.1) is 5.41 Å². The molecule has 112 valence electrons. The number of nitrogens with one attached hydrogen (secondary N) is 1. The first kappa shape index (κ1) is 15.0. The van der Waals surface area contributed by atoms with Gasteiger partial charge in [-0.3, -0.25) is 9.48 Å². The molecule has 0 unspecified atom stereocenters. The second-order valence-corrected chi connectivity index (χ2v) is 7.20. The van der Waals surface area contributed by atoms with Gasteiger partial charge in [0.05, 0.1) is 11.2 Å². The fourth-order valence-corrected chi connectivity index (χ4v) is 2.75. The van der Waals surface area contributed by atoms with E-state index in [9.17, 15) is 4.79 Å². The molecular weight excluding hydrogens is 252 g/mol. The van der Waals surface area contributed by atoms with E-state index in [0.717, 1.165) is 43.6 Å². The van der Waals surface area contributed by atoms with Gasteiger partial charge in [0.25, 0.3) is 0 Å². The highest BCUT2D eigenvalue weighted by Gasteiger charge is 2.37. The fraction of sp³-hybridized carbons (Fsp3) is 0.733. The summed E-state index contributed by atoms with van der Waals surface area (Å²) in [5.74, 6) is 0.645. The summed E-state index contributed by atoms with van der Waals surface area (Å²) < 4.78 is 1.72. The SMILES string of the molecule is Cn1nc(CC(C)(C)C)cc1NC(=O)C1(N)CCCC1. The van der Waals surface area contributed by atoms with Crippen LogP contribution < -0.4 is 11.1 Å². The predicted octanol–water partition coefficient (Wildman–Crippen LogP) is 2.22. The van der Waals surface area contributed by atoms with Crippen LogP contribution in [-0.4, -0.2) is 21.2 Å². The van der Waals surface area contributed by atoms with Crippen LogP contribution >= 0.6 is 0 Å². The van der Waals surface area contributed by atoms with Crippen LogP contribution in [0.25, 0.3) is 0 Å². The van der Waals surface area contributed by atoms with Crippen molar-refractivity contribution >= 4 is 11.7 Å². The van der Waals surface area contributed by atoms with Gasteiger partial charge in [-0.1, -0.05) is 33.6 Å². The van der Waals surface area contributed by atoms with Gasteiger partial charge in [0.2, 0.25) is 5.91 Å². The maximum absolute atomic E-state index is 12.3. The van der Waals surface area contributed by atoms with Crippen molar-refractivity contribution in [2.75, 3.05) is 5.32 Å². The van der Waals surface area contributed by atoms with Crippen LogP contribution in [-0.2, 0) is 18.3 Å². The molecule has 0 radical (unpaired) electrons. The average molecular weight is 278 g/mol. The van der Waals surface area contributed by atoms with Crippen LogP contribution in [0.3, 0.4) is 0 Å². The Hall–Kier alpha value is -1.36. The summed E-state index contributed by atoms with van der Waals surface area (Å²) >= 11 is 0. The maximum atomic E-state index is 12.3. The lowest BCUT2D eigenvalue weighted by Gasteiger charge is -2.22. The summed E-state index contributed by atoms with van der Waals surface area (Å²) in [4.78, 5) is 12.3. The molecule has 1 aromatic rings. The van der Waals surface area contributed by atoms with Crippen molar-refractivity contribution < 1.29 is 4.79 Å². The molecule has 2 rings (SSSR count). The third kappa shape index (κ3) is 3.39. The quantitative estimate of drug-likeness (QED) is 0.890. The number of carbonyl (C=O) groups is 1. The molecule has 1 heterocycles. The summed E-state index contributed by atoms with van der Waals surface area (Å²) in [6.45, 7) is 6.52. The Kier molecular flexibility index (Phi) is 3.91. The molecule has 5 heteroatoms. The monoisotopic (exact) mass is 278 g/mol. The van der Waals surface area contributed by atoms with Crippen LogP contribution in [0.15, 0.2) is 6.07 Å². The molecule has 0 spiro atoms. The van der Waals surface area contributed by atoms with E-state index >= 15 is 0 Å². The third-order valence-corrected chi connectivity index (χ3v) is 3.83. The number of nitrogens with two attached hydrogens (primary N) is 1. The first-order valence-corrected chi connectivity index (χ1v) is 7.33. The zero-order valence-corrected chi connectivity index (χ0v) is 13.0. The molecule has 20 heavy (non-hydrogen) atoms. The lowest BCUT2D eigenvalue weighted by molar-refractivity contribution is -0.121. The van der Waals surface area contributed by atoms with E-state index in [1.165, 1.54) is 0 Å². The van der Waals surface area contributed by atoms with E-state index in [0.29, 0.717) is 0 Å². The minimum Gasteiger partial charge on any atom is -0.317 e. The lowest BCUT2D eigenvalue weighted by atomic mass is 9.91. The molecule has 0 saturated heterocycles. The predicted molar refractivity (Wildman–Crippen MR) is 80.4 cm³/mol. The highest BCUT2D eigenvalue weighted by Crippen LogP contribution is 2.29. The summed E-state index contributed by atoms with van der Waals surface area (Å²) in [7, 11) is 1.85. The Morgan fingerprint density at radius 2 is 2.05 bits per heavy atom. The standard InChI is InChI=1S/C15H26N4O/c1-14(2,3)10-11-9-12(19(4)18-11)17-13(20)15(16)7-5-6-8-15/h9H,5-8,10,16H2,1-4H3,(H,17,20). The molecule has 5 nitrogen and oxygen atoms in total. The van der Waals surface area contributed by atoms with Crippen molar-refractivity contribution in [2.24, 2.45) is 18.2 Å². The number of nitrogens with zero attached hydrogens (tertiary/aromatic N) is 2. The van der Waals surface area contributed by atoms with Gasteiger partial charge in [0.1, 0.15) is 5.82 Å². The Morgan fingerprint density at radius 1 is 1.45 bits per heavy atom. The van der Waals surface area contributed by atoms with E-state index in [2.05, 4.69) is 31.2 Å². The van der Waals surface area contributed by atoms with Crippen LogP contribution in [0.5, 0.6) is 0 Å². The highest BCUT2D eigenvalue weighted by molar-refractivity contribution is 5.97. The van der Waals surface area contributed by atoms with E-state index < -0.39 is 5.54 Å². The molecule has 1 amide bonds. The second kappa shape index (κ2) is 5.20. The van der Waals surface area contributed by atoms with Gasteiger partial charge < -0.3 is 11.1 Å². The molecule has 1 aliphatic carbocycles. The number of anilines is 1. The summed E-state index contributed by atoms with van der Waals surface area (Å²) in [5, 5.41) is 7.39. The van der Waals surface area contributed by atoms with Gasteiger partial charge in [-0.25, -0.2) is 0 Å². The Labute approximate surface area is 120 Å². The fourth-order valence-electron chi connectivity index (χ4n) is 2.75. The minimum atomic E-state index is -0.700. The average Bonchev–Trinajstić information content (AvgIpc) is 2.85. The van der Waals surface area contributed by atoms with Gasteiger partial charge in [-0.05, 0) is 24.7 Å². The van der Waals surface area contributed by atoms with E-state index in [-0.39, 0.29) is 11.3 Å². The number of carbonyl (C=O) groups excluding carboxylic acids is 1. The van der Waals surface area contributed by atoms with Crippen molar-refractivity contribution in [2.45, 2.75) is 58.4 Å². The largest absolute Gasteiger partial charge is 0.317 e. The highest BCUT2D eigenvalue weighted by atomic mass is 16.2. The second-order valence-electron chi connectivity index (χ2n) is 7.20. The molecule has 0 bridgehead atoms. The first-order valence-electron chi connectivity index (χ1n) is 7.33. The number of hydrogen-bond donors (Lipinski definition) is 2. The summed E-state index contributed by atoms with van der Waals surface area (Å²) in [6, 6.07) is 1.95. The number of amides is 1. The van der Waals surface area contributed by atoms with Gasteiger partial charge in [-0.2, -0.15) is 5.10 Å². The van der Waals surface area contributed by atoms with Crippen LogP contribution in [0.4, 0.5) is 5.82 Å². The van der Waals surface area contributed by atoms with Crippen molar-refractivity contribution in [1.29, 1.82) is 0 Å². The van der Waals surface area contributed by atoms with Crippen LogP contribution in [0.2, 0.25) is 0 Å². The molecule has 0 atom stereocenters. The third-order valence-electron chi connectivity index (χ3n) is 3.83. The first-order chi connectivity index (χ1) is 9.20. The Bertz CT molecular complexity index is 492. The van der Waals surface area contributed by atoms with Gasteiger partial charge in [0.15, 0.2) is 0 Å². The molecule has 0 aromatic carbocycles. The zero-order chi connectivity index (χ0) is 15.0. The van der Waals surface area contributed by atoms with E-state index in [1.807, 2.05) is 13.1 Å². The molecule has 0 aliphatic heterocycles. The molecule has 1 saturated carbocycles. The van der Waals surface area contributed by atoms with Crippen molar-refractivity contribution in [3.63, 3.8) is 0 Å². The number of hydrogen-bond acceptors (Lipinski definition) is 3. The summed E-state index contributed by atoms with van der Waals surface area (Å²) in [6.07, 6.45) is 4.48. The Morgan fingerprint density at radius 3 is 2.60 bits per heavy atom. The number of aryl methyl sites for hydroxylation is 1. The van der Waals surface area contributed by atoms with Crippen LogP contribution in [0.1, 0.15) is 52.1 Å².